The van der Waals surface area contributed by atoms with Gasteiger partial charge in [0.25, 0.3) is 0 Å². The van der Waals surface area contributed by atoms with Gasteiger partial charge in [-0.05, 0) is 52.8 Å². The normalized spacial score (nSPS) is 19.0. The van der Waals surface area contributed by atoms with E-state index in [4.69, 9.17) is 10.1 Å². The number of nitrogens with zero attached hydrogens (tertiary/aromatic N) is 1. The van der Waals surface area contributed by atoms with Gasteiger partial charge < -0.3 is 14.7 Å². The number of hydrogen-bond acceptors (Lipinski definition) is 4. The Morgan fingerprint density at radius 1 is 0.857 bits per heavy atom. The molecule has 1 aromatic heterocycles. The van der Waals surface area contributed by atoms with Crippen molar-refractivity contribution in [2.75, 3.05) is 0 Å². The molecule has 0 spiro atoms. The molecule has 0 amide bonds. The largest absolute Gasteiger partial charge is 0.512 e. The number of carbonyl (C=O) groups is 1. The topological polar surface area (TPSA) is 67.3 Å². The molecule has 4 aromatic carbocycles. The van der Waals surface area contributed by atoms with Crippen molar-refractivity contribution in [3.63, 3.8) is 0 Å². The van der Waals surface area contributed by atoms with E-state index in [0.29, 0.717) is 0 Å². The fraction of sp³-hybridized carbons (Fsp3) is 0.222. The van der Waals surface area contributed by atoms with Crippen molar-refractivity contribution < 1.29 is 34.6 Å². The van der Waals surface area contributed by atoms with Gasteiger partial charge in [0.05, 0.1) is 5.76 Å². The van der Waals surface area contributed by atoms with E-state index in [2.05, 4.69) is 88.4 Å². The van der Waals surface area contributed by atoms with E-state index in [1.54, 1.807) is 0 Å². The van der Waals surface area contributed by atoms with Gasteiger partial charge in [-0.1, -0.05) is 99.7 Å². The molecule has 2 aliphatic heterocycles. The minimum Gasteiger partial charge on any atom is -0.512 e. The minimum atomic E-state index is -3.09. The van der Waals surface area contributed by atoms with Crippen molar-refractivity contribution in [3.8, 4) is 0 Å². The molecule has 2 aliphatic rings. The third-order valence-corrected chi connectivity index (χ3v) is 11.8. The predicted octanol–water partition coefficient (Wildman–Crippen LogP) is 7.14. The monoisotopic (exact) mass is 751 g/mol. The third kappa shape index (κ3) is 4.25. The fourth-order valence-electron chi connectivity index (χ4n) is 6.80. The van der Waals surface area contributed by atoms with Gasteiger partial charge in [0.2, 0.25) is 0 Å². The number of allylic oxidation sites excluding steroid dienone is 2. The molecule has 0 fully saturated rings. The molecule has 1 atom stereocenters. The Hall–Kier alpha value is -3.36. The van der Waals surface area contributed by atoms with E-state index >= 15 is 4.57 Å². The van der Waals surface area contributed by atoms with Gasteiger partial charge >= 0.3 is 0 Å². The first-order valence-electron chi connectivity index (χ1n) is 13.9. The van der Waals surface area contributed by atoms with E-state index in [1.807, 2.05) is 24.4 Å². The van der Waals surface area contributed by atoms with Crippen LogP contribution in [0.25, 0.3) is 21.7 Å². The zero-order chi connectivity index (χ0) is 29.3. The molecule has 1 unspecified atom stereocenters. The Labute approximate surface area is 260 Å². The number of rotatable bonds is 1. The van der Waals surface area contributed by atoms with Crippen LogP contribution in [0.15, 0.2) is 90.8 Å². The maximum absolute atomic E-state index is 15.6. The molecule has 0 saturated carbocycles. The molecule has 3 heterocycles. The maximum atomic E-state index is 15.6. The Morgan fingerprint density at radius 3 is 2.02 bits per heavy atom. The van der Waals surface area contributed by atoms with Gasteiger partial charge in [-0.15, -0.1) is 28.0 Å². The van der Waals surface area contributed by atoms with Crippen LogP contribution in [0.1, 0.15) is 63.8 Å². The van der Waals surface area contributed by atoms with Gasteiger partial charge in [-0.2, -0.15) is 0 Å². The van der Waals surface area contributed by atoms with Crippen LogP contribution in [0.5, 0.6) is 0 Å². The first-order chi connectivity index (χ1) is 19.4. The van der Waals surface area contributed by atoms with E-state index in [1.165, 1.54) is 25.5 Å². The second kappa shape index (κ2) is 10.4. The summed E-state index contributed by atoms with van der Waals surface area (Å²) in [7, 11) is -3.09. The molecule has 4 nitrogen and oxygen atoms in total. The molecule has 1 N–H and O–H groups in total. The minimum absolute atomic E-state index is 0. The summed E-state index contributed by atoms with van der Waals surface area (Å²) in [6.07, 6.45) is 3.02. The number of fused-ring (bicyclic) bond motifs is 8. The summed E-state index contributed by atoms with van der Waals surface area (Å²) in [5.41, 5.74) is 4.83. The molecule has 5 aromatic rings. The number of benzene rings is 4. The maximum Gasteiger partial charge on any atom is 0.155 e. The van der Waals surface area contributed by atoms with Crippen LogP contribution in [-0.4, -0.2) is 15.9 Å². The quantitative estimate of drug-likeness (QED) is 0.0651. The van der Waals surface area contributed by atoms with E-state index in [-0.39, 0.29) is 42.5 Å². The second-order valence-corrected chi connectivity index (χ2v) is 14.7. The first kappa shape index (κ1) is 30.1. The molecule has 7 rings (SSSR count). The average Bonchev–Trinajstić information content (AvgIpc) is 2.94. The smallest absolute Gasteiger partial charge is 0.155 e. The van der Waals surface area contributed by atoms with Crippen molar-refractivity contribution in [3.05, 3.63) is 119 Å². The average molecular weight is 751 g/mol. The molecule has 0 bridgehead atoms. The molecule has 0 saturated heterocycles. The van der Waals surface area contributed by atoms with Gasteiger partial charge in [0, 0.05) is 43.0 Å². The summed E-state index contributed by atoms with van der Waals surface area (Å²) < 4.78 is 15.6. The molecule has 0 aliphatic carbocycles. The summed E-state index contributed by atoms with van der Waals surface area (Å²) in [6, 6.07) is 28.9. The van der Waals surface area contributed by atoms with Crippen LogP contribution in [0, 0.1) is 6.07 Å². The van der Waals surface area contributed by atoms with Gasteiger partial charge in [0.15, 0.2) is 5.78 Å². The van der Waals surface area contributed by atoms with Gasteiger partial charge in [-0.3, -0.25) is 4.79 Å². The summed E-state index contributed by atoms with van der Waals surface area (Å²) >= 11 is 0. The van der Waals surface area contributed by atoms with Crippen LogP contribution in [0.3, 0.4) is 0 Å². The molecular formula is C36H33IrNO3P-. The van der Waals surface area contributed by atoms with Crippen molar-refractivity contribution in [1.82, 2.24) is 4.98 Å². The zero-order valence-corrected chi connectivity index (χ0v) is 27.9. The number of ketones is 1. The Balaban J connectivity index is 0.000000396. The number of aromatic nitrogens is 1. The molecule has 42 heavy (non-hydrogen) atoms. The van der Waals surface area contributed by atoms with E-state index in [9.17, 15) is 4.79 Å². The Bertz CT molecular complexity index is 1970. The Morgan fingerprint density at radius 2 is 1.45 bits per heavy atom. The molecule has 1 radical (unpaired) electrons. The molecular weight excluding hydrogens is 718 g/mol. The summed E-state index contributed by atoms with van der Waals surface area (Å²) in [6.45, 7) is 11.9. The number of pyridine rings is 1. The summed E-state index contributed by atoms with van der Waals surface area (Å²) in [4.78, 5) is 14.8. The number of carbonyl (C=O) groups excluding carboxylic acids is 1. The van der Waals surface area contributed by atoms with Crippen LogP contribution in [-0.2, 0) is 40.3 Å². The zero-order valence-electron chi connectivity index (χ0n) is 24.6. The van der Waals surface area contributed by atoms with Crippen molar-refractivity contribution in [2.45, 2.75) is 52.4 Å². The van der Waals surface area contributed by atoms with Gasteiger partial charge in [-0.25, -0.2) is 0 Å². The Kier molecular flexibility index (Phi) is 7.47. The summed E-state index contributed by atoms with van der Waals surface area (Å²) in [5.74, 6) is -0.0625. The molecule has 6 heteroatoms. The van der Waals surface area contributed by atoms with Crippen molar-refractivity contribution >= 4 is 50.5 Å². The standard InChI is InChI=1S/C31H25NOP.C5H8O2.Ir/c1-30(2)22-11-5-7-13-25(22)34(33)26-14-8-6-12-23(26)31(3,4)27-20-16-15-19-10-9-17-32-28(19)21(20)18-24(30)29(27)34;1-4(6)3-5(2)7;/h5-17H,1-4H3;3,6H,1-2H3;/q-1;;/b;4-3-;. The molecule has 215 valence electrons. The summed E-state index contributed by atoms with van der Waals surface area (Å²) in [5, 5.41) is 14.6. The van der Waals surface area contributed by atoms with E-state index < -0.39 is 7.14 Å². The van der Waals surface area contributed by atoms with Crippen LogP contribution < -0.4 is 15.9 Å². The van der Waals surface area contributed by atoms with Crippen molar-refractivity contribution in [2.24, 2.45) is 0 Å². The number of hydrogen-bond donors (Lipinski definition) is 1. The SMILES string of the molecule is CC(=O)/C=C(/C)O.CC1(C)c2[c-]c3c(ccc4cccnc43)c3c2P(=O)(c2ccccc21)c1ccccc1C3(C)C.[Ir]. The van der Waals surface area contributed by atoms with E-state index in [0.717, 1.165) is 54.3 Å². The number of aliphatic hydroxyl groups excluding tert-OH is 1. The van der Waals surface area contributed by atoms with Gasteiger partial charge in [0.1, 0.15) is 7.14 Å². The number of aliphatic hydroxyl groups is 1. The van der Waals surface area contributed by atoms with Crippen LogP contribution in [0.2, 0.25) is 0 Å². The first-order valence-corrected chi connectivity index (χ1v) is 15.6. The third-order valence-electron chi connectivity index (χ3n) is 8.58. The van der Waals surface area contributed by atoms with Crippen molar-refractivity contribution in [1.29, 1.82) is 0 Å². The van der Waals surface area contributed by atoms with Crippen LogP contribution in [0.4, 0.5) is 0 Å². The second-order valence-electron chi connectivity index (χ2n) is 12.1. The fourth-order valence-corrected chi connectivity index (χ4v) is 10.9. The predicted molar refractivity (Wildman–Crippen MR) is 169 cm³/mol. The van der Waals surface area contributed by atoms with Crippen LogP contribution >= 0.6 is 7.14 Å².